The molecule has 0 radical (unpaired) electrons. The molecule has 1 amide bonds. The van der Waals surface area contributed by atoms with Gasteiger partial charge in [-0.2, -0.15) is 0 Å². The third kappa shape index (κ3) is 7.34. The van der Waals surface area contributed by atoms with E-state index in [4.69, 9.17) is 11.6 Å². The highest BCUT2D eigenvalue weighted by molar-refractivity contribution is 9.10. The Labute approximate surface area is 273 Å². The lowest BCUT2D eigenvalue weighted by molar-refractivity contribution is -0.938. The van der Waals surface area contributed by atoms with Crippen molar-refractivity contribution in [2.75, 3.05) is 26.2 Å². The van der Waals surface area contributed by atoms with Crippen LogP contribution in [0.15, 0.2) is 83.3 Å². The minimum atomic E-state index is 0.00762. The van der Waals surface area contributed by atoms with Gasteiger partial charge in [0.1, 0.15) is 11.4 Å². The van der Waals surface area contributed by atoms with Crippen LogP contribution < -0.4 is 0 Å². The van der Waals surface area contributed by atoms with Crippen molar-refractivity contribution in [3.63, 3.8) is 0 Å². The molecule has 5 rings (SSSR count). The number of hydrogen-bond acceptors (Lipinski definition) is 2. The van der Waals surface area contributed by atoms with E-state index >= 15 is 0 Å². The molecular formula is C37H41BrClN2OS+. The summed E-state index contributed by atoms with van der Waals surface area (Å²) in [6.07, 6.45) is 2.00. The van der Waals surface area contributed by atoms with E-state index in [-0.39, 0.29) is 5.91 Å². The Hall–Kier alpha value is -2.70. The van der Waals surface area contributed by atoms with Gasteiger partial charge in [0.25, 0.3) is 5.91 Å². The maximum Gasteiger partial charge on any atom is 0.265 e. The third-order valence-electron chi connectivity index (χ3n) is 8.73. The van der Waals surface area contributed by atoms with Crippen molar-refractivity contribution in [1.82, 2.24) is 4.90 Å². The van der Waals surface area contributed by atoms with Gasteiger partial charge in [0, 0.05) is 33.2 Å². The van der Waals surface area contributed by atoms with Gasteiger partial charge in [0.05, 0.1) is 24.7 Å². The zero-order valence-corrected chi connectivity index (χ0v) is 28.8. The van der Waals surface area contributed by atoms with Gasteiger partial charge in [-0.05, 0) is 75.1 Å². The first-order valence-electron chi connectivity index (χ1n) is 15.3. The molecule has 1 heterocycles. The van der Waals surface area contributed by atoms with E-state index in [1.54, 1.807) is 0 Å². The Balaban J connectivity index is 1.35. The van der Waals surface area contributed by atoms with Crippen LogP contribution >= 0.6 is 38.9 Å². The molecule has 0 atom stereocenters. The van der Waals surface area contributed by atoms with Gasteiger partial charge in [-0.25, -0.2) is 0 Å². The van der Waals surface area contributed by atoms with Crippen molar-refractivity contribution in [2.24, 2.45) is 0 Å². The second-order valence-electron chi connectivity index (χ2n) is 11.8. The zero-order chi connectivity index (χ0) is 30.6. The van der Waals surface area contributed by atoms with E-state index < -0.39 is 0 Å². The van der Waals surface area contributed by atoms with E-state index in [1.807, 2.05) is 23.1 Å². The van der Waals surface area contributed by atoms with Gasteiger partial charge in [-0.3, -0.25) is 4.79 Å². The highest BCUT2D eigenvalue weighted by atomic mass is 79.9. The molecule has 5 aromatic rings. The smallest absolute Gasteiger partial charge is 0.265 e. The number of amides is 1. The average molecular weight is 677 g/mol. The summed E-state index contributed by atoms with van der Waals surface area (Å²) in [7, 11) is 0. The Morgan fingerprint density at radius 3 is 2.28 bits per heavy atom. The number of nitrogens with zero attached hydrogens (tertiary/aromatic N) is 2. The molecule has 43 heavy (non-hydrogen) atoms. The van der Waals surface area contributed by atoms with Crippen molar-refractivity contribution in [3.05, 3.63) is 115 Å². The maximum atomic E-state index is 14.2. The fourth-order valence-corrected chi connectivity index (χ4v) is 8.66. The number of halogens is 2. The summed E-state index contributed by atoms with van der Waals surface area (Å²) in [5.41, 5.74) is 5.21. The molecule has 0 aliphatic carbocycles. The minimum Gasteiger partial charge on any atom is -0.334 e. The SMILES string of the molecule is CC[N+](CC)(CCCCN(Cc1ccc2ccccc2c1)C(=O)c1sc2cccc(Br)c2c1Cl)Cc1cc(C)cc(C)c1. The van der Waals surface area contributed by atoms with E-state index in [2.05, 4.69) is 104 Å². The largest absolute Gasteiger partial charge is 0.334 e. The molecule has 3 nitrogen and oxygen atoms in total. The number of quaternary nitrogens is 1. The van der Waals surface area contributed by atoms with Crippen LogP contribution in [0.2, 0.25) is 5.02 Å². The number of rotatable bonds is 12. The van der Waals surface area contributed by atoms with Crippen molar-refractivity contribution < 1.29 is 9.28 Å². The van der Waals surface area contributed by atoms with Gasteiger partial charge >= 0.3 is 0 Å². The Morgan fingerprint density at radius 1 is 0.860 bits per heavy atom. The van der Waals surface area contributed by atoms with E-state index in [0.29, 0.717) is 23.0 Å². The van der Waals surface area contributed by atoms with E-state index in [9.17, 15) is 4.79 Å². The molecule has 0 unspecified atom stereocenters. The predicted molar refractivity (Wildman–Crippen MR) is 188 cm³/mol. The van der Waals surface area contributed by atoms with Crippen molar-refractivity contribution >= 4 is 65.6 Å². The zero-order valence-electron chi connectivity index (χ0n) is 25.6. The molecule has 6 heteroatoms. The lowest BCUT2D eigenvalue weighted by Crippen LogP contribution is -2.47. The Kier molecular flexibility index (Phi) is 10.3. The minimum absolute atomic E-state index is 0.00762. The van der Waals surface area contributed by atoms with Crippen molar-refractivity contribution in [2.45, 2.75) is 53.6 Å². The van der Waals surface area contributed by atoms with Gasteiger partial charge in [-0.15, -0.1) is 11.3 Å². The first-order chi connectivity index (χ1) is 20.7. The fourth-order valence-electron chi connectivity index (χ4n) is 6.30. The first-order valence-corrected chi connectivity index (χ1v) is 17.3. The fraction of sp³-hybridized carbons (Fsp3) is 0.324. The molecule has 0 N–H and O–H groups in total. The average Bonchev–Trinajstić information content (AvgIpc) is 3.34. The molecule has 0 saturated heterocycles. The van der Waals surface area contributed by atoms with Gasteiger partial charge < -0.3 is 9.38 Å². The molecule has 0 aliphatic heterocycles. The quantitative estimate of drug-likeness (QED) is 0.0951. The summed E-state index contributed by atoms with van der Waals surface area (Å²) in [6.45, 7) is 14.6. The highest BCUT2D eigenvalue weighted by Gasteiger charge is 2.26. The number of thiophene rings is 1. The molecule has 0 spiro atoms. The van der Waals surface area contributed by atoms with Gasteiger partial charge in [-0.1, -0.05) is 99.3 Å². The van der Waals surface area contributed by atoms with Crippen LogP contribution in [-0.2, 0) is 13.1 Å². The number of benzene rings is 4. The molecule has 0 aliphatic rings. The van der Waals surface area contributed by atoms with Gasteiger partial charge in [0.15, 0.2) is 0 Å². The summed E-state index contributed by atoms with van der Waals surface area (Å²) >= 11 is 12.0. The molecule has 1 aromatic heterocycles. The number of unbranched alkanes of at least 4 members (excludes halogenated alkanes) is 1. The molecule has 0 saturated carbocycles. The Bertz CT molecular complexity index is 1720. The second kappa shape index (κ2) is 13.9. The van der Waals surface area contributed by atoms with Crippen LogP contribution in [0.3, 0.4) is 0 Å². The summed E-state index contributed by atoms with van der Waals surface area (Å²) in [5, 5.41) is 3.86. The molecule has 0 bridgehead atoms. The molecule has 224 valence electrons. The number of fused-ring (bicyclic) bond motifs is 2. The second-order valence-corrected chi connectivity index (χ2v) is 14.1. The summed E-state index contributed by atoms with van der Waals surface area (Å²) < 4.78 is 2.99. The van der Waals surface area contributed by atoms with Crippen molar-refractivity contribution in [1.29, 1.82) is 0 Å². The van der Waals surface area contributed by atoms with Crippen LogP contribution in [0.25, 0.3) is 20.9 Å². The molecule has 4 aromatic carbocycles. The monoisotopic (exact) mass is 675 g/mol. The van der Waals surface area contributed by atoms with Crippen LogP contribution in [0, 0.1) is 13.8 Å². The number of hydrogen-bond donors (Lipinski definition) is 0. The van der Waals surface area contributed by atoms with Crippen LogP contribution in [0.5, 0.6) is 0 Å². The lowest BCUT2D eigenvalue weighted by atomic mass is 10.1. The first kappa shape index (κ1) is 31.7. The molecular weight excluding hydrogens is 636 g/mol. The van der Waals surface area contributed by atoms with Crippen molar-refractivity contribution in [3.8, 4) is 0 Å². The predicted octanol–water partition coefficient (Wildman–Crippen LogP) is 10.6. The van der Waals surface area contributed by atoms with Crippen LogP contribution in [-0.4, -0.2) is 41.5 Å². The standard InChI is InChI=1S/C37H41BrClN2OS/c1-5-41(6-2,25-29-21-26(3)20-27(4)22-29)19-10-9-18-40(24-28-16-17-30-12-7-8-13-31(30)23-28)37(42)36-35(39)34-32(38)14-11-15-33(34)43-36/h7-8,11-17,20-23H,5-6,9-10,18-19,24-25H2,1-4H3/q+1. The normalized spacial score (nSPS) is 11.9. The summed E-state index contributed by atoms with van der Waals surface area (Å²) in [5.74, 6) is 0.00762. The Morgan fingerprint density at radius 2 is 1.58 bits per heavy atom. The maximum absolute atomic E-state index is 14.2. The molecule has 0 fully saturated rings. The van der Waals surface area contributed by atoms with E-state index in [1.165, 1.54) is 38.8 Å². The lowest BCUT2D eigenvalue weighted by Gasteiger charge is -2.37. The summed E-state index contributed by atoms with van der Waals surface area (Å²) in [4.78, 5) is 16.8. The summed E-state index contributed by atoms with van der Waals surface area (Å²) in [6, 6.07) is 27.8. The van der Waals surface area contributed by atoms with Crippen LogP contribution in [0.1, 0.15) is 58.6 Å². The highest BCUT2D eigenvalue weighted by Crippen LogP contribution is 2.40. The number of aryl methyl sites for hydroxylation is 2. The van der Waals surface area contributed by atoms with E-state index in [0.717, 1.165) is 63.6 Å². The van der Waals surface area contributed by atoms with Gasteiger partial charge in [0.2, 0.25) is 0 Å². The van der Waals surface area contributed by atoms with Crippen LogP contribution in [0.4, 0.5) is 0 Å². The third-order valence-corrected chi connectivity index (χ3v) is 11.0. The number of carbonyl (C=O) groups excluding carboxylic acids is 1. The number of carbonyl (C=O) groups is 1. The topological polar surface area (TPSA) is 20.3 Å².